The van der Waals surface area contributed by atoms with Crippen molar-refractivity contribution in [3.8, 4) is 0 Å². The van der Waals surface area contributed by atoms with E-state index in [9.17, 15) is 5.11 Å². The number of aliphatic hydroxyl groups excluding tert-OH is 1. The number of rotatable bonds is 3. The van der Waals surface area contributed by atoms with E-state index in [1.165, 1.54) is 6.26 Å². The fourth-order valence-corrected chi connectivity index (χ4v) is 2.51. The zero-order valence-electron chi connectivity index (χ0n) is 9.44. The Kier molecular flexibility index (Phi) is 3.61. The largest absolute Gasteiger partial charge is 0.457 e. The first-order chi connectivity index (χ1) is 8.00. The molecule has 17 heavy (non-hydrogen) atoms. The third kappa shape index (κ3) is 2.41. The van der Waals surface area contributed by atoms with Crippen molar-refractivity contribution >= 4 is 27.5 Å². The lowest BCUT2D eigenvalue weighted by Crippen LogP contribution is -2.02. The van der Waals surface area contributed by atoms with Crippen LogP contribution in [0, 0.1) is 6.92 Å². The van der Waals surface area contributed by atoms with Crippen LogP contribution < -0.4 is 0 Å². The van der Waals surface area contributed by atoms with Gasteiger partial charge < -0.3 is 9.52 Å². The van der Waals surface area contributed by atoms with Crippen LogP contribution in [0.25, 0.3) is 0 Å². The molecule has 0 spiro atoms. The molecule has 0 aliphatic carbocycles. The molecule has 92 valence electrons. The van der Waals surface area contributed by atoms with E-state index in [0.717, 1.165) is 11.3 Å². The zero-order valence-corrected chi connectivity index (χ0v) is 11.8. The lowest BCUT2D eigenvalue weighted by Gasteiger charge is -2.08. The van der Waals surface area contributed by atoms with Crippen LogP contribution in [0.2, 0.25) is 5.15 Å². The molecule has 4 nitrogen and oxygen atoms in total. The monoisotopic (exact) mass is 318 g/mol. The molecule has 2 heterocycles. The summed E-state index contributed by atoms with van der Waals surface area (Å²) in [4.78, 5) is 0. The Bertz CT molecular complexity index is 536. The average Bonchev–Trinajstić information content (AvgIpc) is 2.78. The SMILES string of the molecule is Cc1nn(C)c(Cl)c1CC(O)c1ccoc1Br. The predicted molar refractivity (Wildman–Crippen MR) is 68.0 cm³/mol. The van der Waals surface area contributed by atoms with Gasteiger partial charge in [0.05, 0.1) is 18.1 Å². The molecule has 1 atom stereocenters. The molecule has 2 aromatic rings. The number of halogens is 2. The van der Waals surface area contributed by atoms with Crippen LogP contribution in [-0.4, -0.2) is 14.9 Å². The second-order valence-electron chi connectivity index (χ2n) is 3.85. The highest BCUT2D eigenvalue weighted by Gasteiger charge is 2.19. The molecule has 2 rings (SSSR count). The van der Waals surface area contributed by atoms with E-state index in [1.54, 1.807) is 17.8 Å². The molecule has 0 aliphatic rings. The normalized spacial score (nSPS) is 13.0. The van der Waals surface area contributed by atoms with Gasteiger partial charge in [-0.05, 0) is 28.9 Å². The summed E-state index contributed by atoms with van der Waals surface area (Å²) in [6.45, 7) is 1.87. The van der Waals surface area contributed by atoms with Crippen LogP contribution in [0.15, 0.2) is 21.4 Å². The van der Waals surface area contributed by atoms with E-state index in [2.05, 4.69) is 21.0 Å². The number of hydrogen-bond acceptors (Lipinski definition) is 3. The molecular weight excluding hydrogens is 307 g/mol. The molecule has 0 amide bonds. The van der Waals surface area contributed by atoms with Gasteiger partial charge in [-0.15, -0.1) is 0 Å². The molecule has 0 radical (unpaired) electrons. The number of furan rings is 1. The van der Waals surface area contributed by atoms with Crippen LogP contribution >= 0.6 is 27.5 Å². The number of nitrogens with zero attached hydrogens (tertiary/aromatic N) is 2. The van der Waals surface area contributed by atoms with E-state index in [-0.39, 0.29) is 0 Å². The topological polar surface area (TPSA) is 51.2 Å². The van der Waals surface area contributed by atoms with Gasteiger partial charge in [0.2, 0.25) is 0 Å². The summed E-state index contributed by atoms with van der Waals surface area (Å²) in [5, 5.41) is 14.9. The maximum absolute atomic E-state index is 10.1. The minimum Gasteiger partial charge on any atom is -0.457 e. The van der Waals surface area contributed by atoms with E-state index in [0.29, 0.717) is 21.8 Å². The fraction of sp³-hybridized carbons (Fsp3) is 0.364. The summed E-state index contributed by atoms with van der Waals surface area (Å²) in [7, 11) is 1.78. The van der Waals surface area contributed by atoms with Gasteiger partial charge in [0, 0.05) is 24.6 Å². The molecule has 0 aliphatic heterocycles. The first-order valence-electron chi connectivity index (χ1n) is 5.09. The highest BCUT2D eigenvalue weighted by Crippen LogP contribution is 2.30. The molecule has 0 saturated carbocycles. The lowest BCUT2D eigenvalue weighted by atomic mass is 10.0. The summed E-state index contributed by atoms with van der Waals surface area (Å²) in [5.41, 5.74) is 2.40. The molecule has 1 unspecified atom stereocenters. The van der Waals surface area contributed by atoms with Crippen molar-refractivity contribution < 1.29 is 9.52 Å². The Labute approximate surface area is 112 Å². The van der Waals surface area contributed by atoms with Crippen molar-refractivity contribution in [2.75, 3.05) is 0 Å². The number of aliphatic hydroxyl groups is 1. The Balaban J connectivity index is 2.24. The molecule has 0 fully saturated rings. The molecule has 1 N–H and O–H groups in total. The van der Waals surface area contributed by atoms with Gasteiger partial charge in [-0.1, -0.05) is 11.6 Å². The smallest absolute Gasteiger partial charge is 0.174 e. The van der Waals surface area contributed by atoms with Crippen LogP contribution in [0.4, 0.5) is 0 Å². The van der Waals surface area contributed by atoms with Crippen molar-refractivity contribution in [1.82, 2.24) is 9.78 Å². The number of hydrogen-bond donors (Lipinski definition) is 1. The Morgan fingerprint density at radius 3 is 2.82 bits per heavy atom. The molecule has 0 saturated heterocycles. The standard InChI is InChI=1S/C11H12BrClN2O2/c1-6-8(11(13)15(2)14-6)5-9(16)7-3-4-17-10(7)12/h3-4,9,16H,5H2,1-2H3. The van der Waals surface area contributed by atoms with Gasteiger partial charge in [0.25, 0.3) is 0 Å². The van der Waals surface area contributed by atoms with Crippen molar-refractivity contribution in [3.05, 3.63) is 39.0 Å². The van der Waals surface area contributed by atoms with Gasteiger partial charge in [-0.25, -0.2) is 0 Å². The van der Waals surface area contributed by atoms with Gasteiger partial charge in [-0.2, -0.15) is 5.10 Å². The quantitative estimate of drug-likeness (QED) is 0.946. The third-order valence-corrected chi connectivity index (χ3v) is 3.79. The summed E-state index contributed by atoms with van der Waals surface area (Å²) in [6, 6.07) is 1.73. The molecule has 2 aromatic heterocycles. The third-order valence-electron chi connectivity index (χ3n) is 2.67. The van der Waals surface area contributed by atoms with Gasteiger partial charge >= 0.3 is 0 Å². The zero-order chi connectivity index (χ0) is 12.6. The van der Waals surface area contributed by atoms with Crippen molar-refractivity contribution in [2.45, 2.75) is 19.4 Å². The minimum atomic E-state index is -0.663. The summed E-state index contributed by atoms with van der Waals surface area (Å²) in [6.07, 6.45) is 1.28. The van der Waals surface area contributed by atoms with Crippen LogP contribution in [0.1, 0.15) is 22.9 Å². The maximum Gasteiger partial charge on any atom is 0.174 e. The van der Waals surface area contributed by atoms with Crippen LogP contribution in [-0.2, 0) is 13.5 Å². The molecule has 0 aromatic carbocycles. The van der Waals surface area contributed by atoms with Crippen molar-refractivity contribution in [1.29, 1.82) is 0 Å². The summed E-state index contributed by atoms with van der Waals surface area (Å²) < 4.78 is 7.24. The van der Waals surface area contributed by atoms with E-state index in [1.807, 2.05) is 6.92 Å². The number of aryl methyl sites for hydroxylation is 2. The first-order valence-corrected chi connectivity index (χ1v) is 6.26. The number of aromatic nitrogens is 2. The average molecular weight is 320 g/mol. The van der Waals surface area contributed by atoms with E-state index in [4.69, 9.17) is 16.0 Å². The molecule has 0 bridgehead atoms. The van der Waals surface area contributed by atoms with E-state index < -0.39 is 6.10 Å². The van der Waals surface area contributed by atoms with Crippen LogP contribution in [0.5, 0.6) is 0 Å². The van der Waals surface area contributed by atoms with Gasteiger partial charge in [0.15, 0.2) is 4.67 Å². The summed E-state index contributed by atoms with van der Waals surface area (Å²) >= 11 is 9.36. The predicted octanol–water partition coefficient (Wildman–Crippen LogP) is 3.01. The van der Waals surface area contributed by atoms with Crippen molar-refractivity contribution in [2.24, 2.45) is 7.05 Å². The first kappa shape index (κ1) is 12.7. The summed E-state index contributed by atoms with van der Waals surface area (Å²) in [5.74, 6) is 0. The maximum atomic E-state index is 10.1. The highest BCUT2D eigenvalue weighted by atomic mass is 79.9. The Morgan fingerprint density at radius 2 is 2.35 bits per heavy atom. The highest BCUT2D eigenvalue weighted by molar-refractivity contribution is 9.10. The Hall–Kier alpha value is -0.780. The van der Waals surface area contributed by atoms with Crippen molar-refractivity contribution in [3.63, 3.8) is 0 Å². The van der Waals surface area contributed by atoms with Crippen LogP contribution in [0.3, 0.4) is 0 Å². The fourth-order valence-electron chi connectivity index (χ4n) is 1.75. The Morgan fingerprint density at radius 1 is 1.65 bits per heavy atom. The van der Waals surface area contributed by atoms with Gasteiger partial charge in [0.1, 0.15) is 5.15 Å². The van der Waals surface area contributed by atoms with E-state index >= 15 is 0 Å². The minimum absolute atomic E-state index is 0.413. The second kappa shape index (κ2) is 4.84. The second-order valence-corrected chi connectivity index (χ2v) is 4.93. The molecular formula is C11H12BrClN2O2. The van der Waals surface area contributed by atoms with Gasteiger partial charge in [-0.3, -0.25) is 4.68 Å². The molecule has 6 heteroatoms. The lowest BCUT2D eigenvalue weighted by molar-refractivity contribution is 0.176.